The van der Waals surface area contributed by atoms with Crippen LogP contribution in [0.3, 0.4) is 0 Å². The molecular formula is C14H12F2N4O4. The molecule has 2 aromatic rings. The van der Waals surface area contributed by atoms with Gasteiger partial charge in [0.25, 0.3) is 11.6 Å². The Bertz CT molecular complexity index is 770. The van der Waals surface area contributed by atoms with Gasteiger partial charge in [0, 0.05) is 18.2 Å². The number of ether oxygens (including phenoxy) is 1. The molecule has 0 atom stereocenters. The Morgan fingerprint density at radius 2 is 2.12 bits per heavy atom. The topological polar surface area (TPSA) is 120 Å². The fourth-order valence-corrected chi connectivity index (χ4v) is 1.88. The van der Waals surface area contributed by atoms with Gasteiger partial charge in [-0.05, 0) is 6.07 Å². The van der Waals surface area contributed by atoms with Gasteiger partial charge in [-0.2, -0.15) is 8.78 Å². The number of alkyl halides is 2. The fourth-order valence-electron chi connectivity index (χ4n) is 1.88. The molecule has 1 aromatic carbocycles. The smallest absolute Gasteiger partial charge is 0.387 e. The number of nitrogens with one attached hydrogen (secondary N) is 1. The lowest BCUT2D eigenvalue weighted by Gasteiger charge is -2.11. The number of halogens is 2. The van der Waals surface area contributed by atoms with Crippen LogP contribution < -0.4 is 15.8 Å². The second kappa shape index (κ2) is 7.31. The molecule has 0 unspecified atom stereocenters. The van der Waals surface area contributed by atoms with E-state index in [1.807, 2.05) is 0 Å². The summed E-state index contributed by atoms with van der Waals surface area (Å²) in [6.07, 6.45) is 0.928. The number of amides is 1. The summed E-state index contributed by atoms with van der Waals surface area (Å²) < 4.78 is 29.0. The Morgan fingerprint density at radius 1 is 1.42 bits per heavy atom. The predicted octanol–water partition coefficient (Wildman–Crippen LogP) is 2.10. The van der Waals surface area contributed by atoms with Crippen LogP contribution in [0.4, 0.5) is 20.3 Å². The molecule has 10 heteroatoms. The third-order valence-electron chi connectivity index (χ3n) is 2.99. The number of hydrogen-bond donors (Lipinski definition) is 2. The summed E-state index contributed by atoms with van der Waals surface area (Å²) in [7, 11) is 0. The van der Waals surface area contributed by atoms with Crippen molar-refractivity contribution in [2.45, 2.75) is 13.2 Å². The third kappa shape index (κ3) is 4.12. The van der Waals surface area contributed by atoms with Crippen LogP contribution in [0.2, 0.25) is 0 Å². The van der Waals surface area contributed by atoms with Crippen LogP contribution in [0, 0.1) is 10.1 Å². The number of hydrogen-bond acceptors (Lipinski definition) is 6. The van der Waals surface area contributed by atoms with Crippen LogP contribution in [0.15, 0.2) is 36.5 Å². The Kier molecular flexibility index (Phi) is 5.20. The number of anilines is 1. The van der Waals surface area contributed by atoms with Crippen molar-refractivity contribution in [3.05, 3.63) is 57.8 Å². The molecule has 3 N–H and O–H groups in total. The molecule has 0 bridgehead atoms. The quantitative estimate of drug-likeness (QED) is 0.615. The average molecular weight is 338 g/mol. The molecule has 0 spiro atoms. The van der Waals surface area contributed by atoms with Crippen molar-refractivity contribution in [2.24, 2.45) is 0 Å². The summed E-state index contributed by atoms with van der Waals surface area (Å²) in [5.41, 5.74) is 5.27. The van der Waals surface area contributed by atoms with Gasteiger partial charge in [0.05, 0.1) is 10.5 Å². The van der Waals surface area contributed by atoms with E-state index >= 15 is 0 Å². The molecule has 1 amide bonds. The Morgan fingerprint density at radius 3 is 2.79 bits per heavy atom. The minimum atomic E-state index is -3.00. The molecule has 0 aliphatic rings. The van der Waals surface area contributed by atoms with Crippen molar-refractivity contribution in [3.63, 3.8) is 0 Å². The van der Waals surface area contributed by atoms with Gasteiger partial charge < -0.3 is 15.8 Å². The molecule has 1 heterocycles. The van der Waals surface area contributed by atoms with E-state index in [4.69, 9.17) is 5.73 Å². The number of pyridine rings is 1. The maximum absolute atomic E-state index is 12.3. The zero-order valence-electron chi connectivity index (χ0n) is 12.1. The van der Waals surface area contributed by atoms with E-state index in [1.54, 1.807) is 6.07 Å². The van der Waals surface area contributed by atoms with Crippen LogP contribution in [-0.2, 0) is 6.54 Å². The number of rotatable bonds is 6. The number of carbonyl (C=O) groups excluding carboxylic acids is 1. The minimum Gasteiger partial charge on any atom is -0.434 e. The summed E-state index contributed by atoms with van der Waals surface area (Å²) in [5, 5.41) is 13.1. The highest BCUT2D eigenvalue weighted by Gasteiger charge is 2.17. The van der Waals surface area contributed by atoms with Crippen LogP contribution in [-0.4, -0.2) is 22.4 Å². The van der Waals surface area contributed by atoms with Crippen molar-refractivity contribution in [2.75, 3.05) is 5.73 Å². The average Bonchev–Trinajstić information content (AvgIpc) is 2.53. The maximum atomic E-state index is 12.3. The standard InChI is InChI=1S/C14H12F2N4O4/c15-14(16)24-11-4-2-1-3-8(11)6-19-13(21)10-5-9(20(22)23)7-18-12(10)17/h1-5,7,14H,6H2,(H2,17,18)(H,19,21). The highest BCUT2D eigenvalue weighted by atomic mass is 19.3. The summed E-state index contributed by atoms with van der Waals surface area (Å²) >= 11 is 0. The highest BCUT2D eigenvalue weighted by molar-refractivity contribution is 5.98. The van der Waals surface area contributed by atoms with Gasteiger partial charge >= 0.3 is 6.61 Å². The van der Waals surface area contributed by atoms with E-state index in [9.17, 15) is 23.7 Å². The van der Waals surface area contributed by atoms with E-state index in [0.29, 0.717) is 5.56 Å². The summed E-state index contributed by atoms with van der Waals surface area (Å²) in [4.78, 5) is 25.7. The molecule has 8 nitrogen and oxygen atoms in total. The number of nitro groups is 1. The lowest BCUT2D eigenvalue weighted by atomic mass is 10.2. The molecule has 0 fully saturated rings. The molecule has 126 valence electrons. The Hall–Kier alpha value is -3.30. The molecule has 2 rings (SSSR count). The summed E-state index contributed by atoms with van der Waals surface area (Å²) in [6.45, 7) is -3.14. The Balaban J connectivity index is 2.14. The van der Waals surface area contributed by atoms with Gasteiger partial charge in [-0.3, -0.25) is 14.9 Å². The Labute approximate surface area is 134 Å². The van der Waals surface area contributed by atoms with Gasteiger partial charge in [-0.25, -0.2) is 4.98 Å². The molecule has 0 aliphatic heterocycles. The number of para-hydroxylation sites is 1. The first-order valence-corrected chi connectivity index (χ1v) is 6.59. The van der Waals surface area contributed by atoms with Crippen LogP contribution in [0.25, 0.3) is 0 Å². The van der Waals surface area contributed by atoms with Crippen LogP contribution in [0.5, 0.6) is 5.75 Å². The third-order valence-corrected chi connectivity index (χ3v) is 2.99. The molecule has 1 aromatic heterocycles. The van der Waals surface area contributed by atoms with E-state index < -0.39 is 23.1 Å². The summed E-state index contributed by atoms with van der Waals surface area (Å²) in [6, 6.07) is 6.90. The number of nitrogen functional groups attached to an aromatic ring is 1. The van der Waals surface area contributed by atoms with Crippen molar-refractivity contribution in [3.8, 4) is 5.75 Å². The van der Waals surface area contributed by atoms with Crippen LogP contribution >= 0.6 is 0 Å². The number of nitrogens with zero attached hydrogens (tertiary/aromatic N) is 2. The van der Waals surface area contributed by atoms with Crippen LogP contribution in [0.1, 0.15) is 15.9 Å². The zero-order chi connectivity index (χ0) is 17.7. The first-order chi connectivity index (χ1) is 11.4. The maximum Gasteiger partial charge on any atom is 0.387 e. The fraction of sp³-hybridized carbons (Fsp3) is 0.143. The second-order valence-electron chi connectivity index (χ2n) is 4.55. The molecule has 0 saturated carbocycles. The number of nitrogens with two attached hydrogens (primary N) is 1. The van der Waals surface area contributed by atoms with Gasteiger partial charge in [0.15, 0.2) is 0 Å². The van der Waals surface area contributed by atoms with E-state index in [2.05, 4.69) is 15.0 Å². The van der Waals surface area contributed by atoms with E-state index in [1.165, 1.54) is 18.2 Å². The van der Waals surface area contributed by atoms with Crippen molar-refractivity contribution >= 4 is 17.4 Å². The lowest BCUT2D eigenvalue weighted by molar-refractivity contribution is -0.385. The minimum absolute atomic E-state index is 0.0852. The first kappa shape index (κ1) is 17.1. The summed E-state index contributed by atoms with van der Waals surface area (Å²) in [5.74, 6) is -0.997. The van der Waals surface area contributed by atoms with E-state index in [0.717, 1.165) is 12.3 Å². The first-order valence-electron chi connectivity index (χ1n) is 6.59. The van der Waals surface area contributed by atoms with E-state index in [-0.39, 0.29) is 23.7 Å². The van der Waals surface area contributed by atoms with Gasteiger partial charge in [0.2, 0.25) is 0 Å². The predicted molar refractivity (Wildman–Crippen MR) is 79.5 cm³/mol. The zero-order valence-corrected chi connectivity index (χ0v) is 12.1. The van der Waals surface area contributed by atoms with Crippen molar-refractivity contribution in [1.29, 1.82) is 0 Å². The normalized spacial score (nSPS) is 10.5. The SMILES string of the molecule is Nc1ncc([N+](=O)[O-])cc1C(=O)NCc1ccccc1OC(F)F. The van der Waals surface area contributed by atoms with Gasteiger partial charge in [0.1, 0.15) is 17.8 Å². The molecular weight excluding hydrogens is 326 g/mol. The van der Waals surface area contributed by atoms with Gasteiger partial charge in [-0.1, -0.05) is 18.2 Å². The van der Waals surface area contributed by atoms with Gasteiger partial charge in [-0.15, -0.1) is 0 Å². The number of carbonyl (C=O) groups is 1. The highest BCUT2D eigenvalue weighted by Crippen LogP contribution is 2.21. The number of aromatic nitrogens is 1. The number of benzene rings is 1. The largest absolute Gasteiger partial charge is 0.434 e. The van der Waals surface area contributed by atoms with Crippen molar-refractivity contribution in [1.82, 2.24) is 10.3 Å². The van der Waals surface area contributed by atoms with Crippen molar-refractivity contribution < 1.29 is 23.2 Å². The second-order valence-corrected chi connectivity index (χ2v) is 4.55. The molecule has 24 heavy (non-hydrogen) atoms. The molecule has 0 aliphatic carbocycles. The monoisotopic (exact) mass is 338 g/mol. The molecule has 0 saturated heterocycles. The lowest BCUT2D eigenvalue weighted by Crippen LogP contribution is -2.24. The molecule has 0 radical (unpaired) electrons.